The van der Waals surface area contributed by atoms with Crippen LogP contribution in [0.2, 0.25) is 0 Å². The van der Waals surface area contributed by atoms with Crippen LogP contribution in [-0.2, 0) is 5.88 Å². The zero-order valence-electron chi connectivity index (χ0n) is 7.51. The predicted molar refractivity (Wildman–Crippen MR) is 57.9 cm³/mol. The average molecular weight is 231 g/mol. The van der Waals surface area contributed by atoms with Crippen molar-refractivity contribution in [1.29, 1.82) is 0 Å². The van der Waals surface area contributed by atoms with Crippen molar-refractivity contribution in [3.63, 3.8) is 0 Å². The Morgan fingerprint density at radius 1 is 1.50 bits per heavy atom. The van der Waals surface area contributed by atoms with Gasteiger partial charge in [0.05, 0.1) is 13.0 Å². The monoisotopic (exact) mass is 230 g/mol. The first-order chi connectivity index (χ1) is 6.76. The van der Waals surface area contributed by atoms with Gasteiger partial charge in [0.2, 0.25) is 0 Å². The summed E-state index contributed by atoms with van der Waals surface area (Å²) in [5.41, 5.74) is 0. The molecule has 14 heavy (non-hydrogen) atoms. The molecular formula is C10H8ClFOS. The normalized spacial score (nSPS) is 10.8. The maximum absolute atomic E-state index is 13.7. The number of hydrogen-bond donors (Lipinski definition) is 0. The Bertz CT molecular complexity index is 466. The van der Waals surface area contributed by atoms with E-state index in [0.29, 0.717) is 11.3 Å². The van der Waals surface area contributed by atoms with Crippen LogP contribution < -0.4 is 4.74 Å². The van der Waals surface area contributed by atoms with E-state index in [1.807, 2.05) is 6.07 Å². The van der Waals surface area contributed by atoms with E-state index in [-0.39, 0.29) is 11.6 Å². The summed E-state index contributed by atoms with van der Waals surface area (Å²) < 4.78 is 19.5. The SMILES string of the molecule is COc1ccc2sc(CCl)cc2c1F. The molecule has 0 aliphatic rings. The van der Waals surface area contributed by atoms with Gasteiger partial charge >= 0.3 is 0 Å². The van der Waals surface area contributed by atoms with E-state index < -0.39 is 0 Å². The summed E-state index contributed by atoms with van der Waals surface area (Å²) in [6, 6.07) is 5.25. The Balaban J connectivity index is 2.68. The van der Waals surface area contributed by atoms with Crippen LogP contribution in [0.1, 0.15) is 4.88 Å². The summed E-state index contributed by atoms with van der Waals surface area (Å²) >= 11 is 7.18. The average Bonchev–Trinajstić information content (AvgIpc) is 2.62. The standard InChI is InChI=1S/C10H8ClFOS/c1-13-8-2-3-9-7(10(8)12)4-6(5-11)14-9/h2-4H,5H2,1H3. The van der Waals surface area contributed by atoms with E-state index in [1.54, 1.807) is 12.1 Å². The van der Waals surface area contributed by atoms with Gasteiger partial charge in [-0.3, -0.25) is 0 Å². The van der Waals surface area contributed by atoms with Crippen molar-refractivity contribution in [2.75, 3.05) is 7.11 Å². The molecule has 0 fully saturated rings. The van der Waals surface area contributed by atoms with Crippen LogP contribution in [0.3, 0.4) is 0 Å². The molecule has 0 spiro atoms. The molecule has 74 valence electrons. The fraction of sp³-hybridized carbons (Fsp3) is 0.200. The quantitative estimate of drug-likeness (QED) is 0.714. The van der Waals surface area contributed by atoms with E-state index in [0.717, 1.165) is 9.58 Å². The molecule has 0 bridgehead atoms. The lowest BCUT2D eigenvalue weighted by Gasteiger charge is -2.00. The number of ether oxygens (including phenoxy) is 1. The predicted octanol–water partition coefficient (Wildman–Crippen LogP) is 3.79. The zero-order chi connectivity index (χ0) is 10.1. The number of hydrogen-bond acceptors (Lipinski definition) is 2. The number of rotatable bonds is 2. The molecule has 0 aliphatic carbocycles. The van der Waals surface area contributed by atoms with Gasteiger partial charge in [-0.05, 0) is 18.2 Å². The molecule has 1 aromatic heterocycles. The maximum atomic E-state index is 13.7. The van der Waals surface area contributed by atoms with Crippen LogP contribution >= 0.6 is 22.9 Å². The largest absolute Gasteiger partial charge is 0.494 e. The zero-order valence-corrected chi connectivity index (χ0v) is 9.08. The van der Waals surface area contributed by atoms with Crippen molar-refractivity contribution in [2.45, 2.75) is 5.88 Å². The summed E-state index contributed by atoms with van der Waals surface area (Å²) in [6.07, 6.45) is 0. The summed E-state index contributed by atoms with van der Waals surface area (Å²) in [5, 5.41) is 0.588. The third-order valence-corrected chi connectivity index (χ3v) is 3.55. The lowest BCUT2D eigenvalue weighted by molar-refractivity contribution is 0.389. The van der Waals surface area contributed by atoms with Crippen LogP contribution in [0.4, 0.5) is 4.39 Å². The Morgan fingerprint density at radius 3 is 2.93 bits per heavy atom. The van der Waals surface area contributed by atoms with Gasteiger partial charge in [-0.1, -0.05) is 0 Å². The van der Waals surface area contributed by atoms with E-state index in [1.165, 1.54) is 18.4 Å². The van der Waals surface area contributed by atoms with Crippen LogP contribution in [0, 0.1) is 5.82 Å². The van der Waals surface area contributed by atoms with Gasteiger partial charge in [0, 0.05) is 15.0 Å². The van der Waals surface area contributed by atoms with Gasteiger partial charge in [-0.15, -0.1) is 22.9 Å². The maximum Gasteiger partial charge on any atom is 0.173 e. The van der Waals surface area contributed by atoms with Crippen molar-refractivity contribution in [1.82, 2.24) is 0 Å². The van der Waals surface area contributed by atoms with Gasteiger partial charge in [0.25, 0.3) is 0 Å². The van der Waals surface area contributed by atoms with Gasteiger partial charge < -0.3 is 4.74 Å². The van der Waals surface area contributed by atoms with Crippen LogP contribution in [-0.4, -0.2) is 7.11 Å². The number of halogens is 2. The van der Waals surface area contributed by atoms with Gasteiger partial charge in [-0.2, -0.15) is 0 Å². The third-order valence-electron chi connectivity index (χ3n) is 2.00. The molecule has 1 nitrogen and oxygen atoms in total. The van der Waals surface area contributed by atoms with Gasteiger partial charge in [0.15, 0.2) is 11.6 Å². The van der Waals surface area contributed by atoms with Gasteiger partial charge in [-0.25, -0.2) is 4.39 Å². The van der Waals surface area contributed by atoms with Crippen LogP contribution in [0.25, 0.3) is 10.1 Å². The minimum Gasteiger partial charge on any atom is -0.494 e. The van der Waals surface area contributed by atoms with E-state index >= 15 is 0 Å². The lowest BCUT2D eigenvalue weighted by Crippen LogP contribution is -1.86. The first-order valence-electron chi connectivity index (χ1n) is 4.07. The van der Waals surface area contributed by atoms with Crippen molar-refractivity contribution in [3.05, 3.63) is 28.9 Å². The van der Waals surface area contributed by atoms with Crippen molar-refractivity contribution in [3.8, 4) is 5.75 Å². The highest BCUT2D eigenvalue weighted by Gasteiger charge is 2.10. The summed E-state index contributed by atoms with van der Waals surface area (Å²) in [6.45, 7) is 0. The first-order valence-corrected chi connectivity index (χ1v) is 5.42. The number of fused-ring (bicyclic) bond motifs is 1. The van der Waals surface area contributed by atoms with E-state index in [2.05, 4.69) is 0 Å². The number of methoxy groups -OCH3 is 1. The van der Waals surface area contributed by atoms with Crippen molar-refractivity contribution >= 4 is 33.0 Å². The second-order valence-corrected chi connectivity index (χ2v) is 4.28. The first kappa shape index (κ1) is 9.74. The number of thiophene rings is 1. The second-order valence-electron chi connectivity index (χ2n) is 2.84. The van der Waals surface area contributed by atoms with Crippen molar-refractivity contribution < 1.29 is 9.13 Å². The molecule has 1 heterocycles. The molecule has 0 amide bonds. The highest BCUT2D eigenvalue weighted by atomic mass is 35.5. The second kappa shape index (κ2) is 3.75. The fourth-order valence-electron chi connectivity index (χ4n) is 1.33. The van der Waals surface area contributed by atoms with Gasteiger partial charge in [0.1, 0.15) is 0 Å². The molecule has 0 saturated heterocycles. The Labute approximate surface area is 90.1 Å². The van der Waals surface area contributed by atoms with Crippen molar-refractivity contribution in [2.24, 2.45) is 0 Å². The lowest BCUT2D eigenvalue weighted by atomic mass is 10.2. The highest BCUT2D eigenvalue weighted by Crippen LogP contribution is 2.32. The molecule has 4 heteroatoms. The molecule has 1 aromatic carbocycles. The third kappa shape index (κ3) is 1.47. The topological polar surface area (TPSA) is 9.23 Å². The van der Waals surface area contributed by atoms with E-state index in [4.69, 9.17) is 16.3 Å². The summed E-state index contributed by atoms with van der Waals surface area (Å²) in [4.78, 5) is 0.966. The Kier molecular flexibility index (Phi) is 2.61. The smallest absolute Gasteiger partial charge is 0.173 e. The van der Waals surface area contributed by atoms with Crippen LogP contribution in [0.15, 0.2) is 18.2 Å². The molecular weight excluding hydrogens is 223 g/mol. The minimum atomic E-state index is -0.308. The minimum absolute atomic E-state index is 0.274. The summed E-state index contributed by atoms with van der Waals surface area (Å²) in [5.74, 6) is 0.384. The molecule has 0 saturated carbocycles. The molecule has 2 aromatic rings. The Morgan fingerprint density at radius 2 is 2.29 bits per heavy atom. The molecule has 0 radical (unpaired) electrons. The van der Waals surface area contributed by atoms with E-state index in [9.17, 15) is 4.39 Å². The molecule has 0 aliphatic heterocycles. The molecule has 0 unspecified atom stereocenters. The highest BCUT2D eigenvalue weighted by molar-refractivity contribution is 7.19. The Hall–Kier alpha value is -0.800. The molecule has 0 atom stereocenters. The molecule has 0 N–H and O–H groups in total. The number of alkyl halides is 1. The fourth-order valence-corrected chi connectivity index (χ4v) is 2.48. The summed E-state index contributed by atoms with van der Waals surface area (Å²) in [7, 11) is 1.46. The number of benzene rings is 1. The van der Waals surface area contributed by atoms with Crippen LogP contribution in [0.5, 0.6) is 5.75 Å². The molecule has 2 rings (SSSR count).